The van der Waals surface area contributed by atoms with E-state index >= 15 is 0 Å². The maximum Gasteiger partial charge on any atom is 0.137 e. The summed E-state index contributed by atoms with van der Waals surface area (Å²) < 4.78 is 14.5. The van der Waals surface area contributed by atoms with Gasteiger partial charge in [0.05, 0.1) is 11.7 Å². The number of hydrogen-bond acceptors (Lipinski definition) is 3. The summed E-state index contributed by atoms with van der Waals surface area (Å²) in [4.78, 5) is 7.12. The van der Waals surface area contributed by atoms with Gasteiger partial charge >= 0.3 is 0 Å². The molecule has 0 fully saturated rings. The summed E-state index contributed by atoms with van der Waals surface area (Å²) in [7, 11) is 0. The second-order valence-electron chi connectivity index (χ2n) is 6.73. The lowest BCUT2D eigenvalue weighted by Gasteiger charge is -2.39. The van der Waals surface area contributed by atoms with Crippen molar-refractivity contribution in [1.82, 2.24) is 4.90 Å². The molecule has 4 rings (SSSR count). The topological polar surface area (TPSA) is 35.8 Å². The first-order chi connectivity index (χ1) is 13.7. The van der Waals surface area contributed by atoms with Crippen LogP contribution in [0.3, 0.4) is 0 Å². The lowest BCUT2D eigenvalue weighted by molar-refractivity contribution is 0.254. The summed E-state index contributed by atoms with van der Waals surface area (Å²) in [5, 5.41) is 9.46. The number of aliphatic hydroxyl groups excluding tert-OH is 1. The predicted molar refractivity (Wildman–Crippen MR) is 113 cm³/mol. The van der Waals surface area contributed by atoms with Gasteiger partial charge in [-0.05, 0) is 54.4 Å². The molecule has 3 aromatic carbocycles. The maximum atomic E-state index is 13.5. The fraction of sp³-hybridized carbons (Fsp3) is 0.174. The van der Waals surface area contributed by atoms with Crippen molar-refractivity contribution >= 4 is 27.5 Å². The normalized spacial score (nSPS) is 15.9. The highest BCUT2D eigenvalue weighted by atomic mass is 79.9. The minimum Gasteiger partial charge on any atom is -0.396 e. The summed E-state index contributed by atoms with van der Waals surface area (Å²) in [6, 6.07) is 22.7. The molecule has 0 saturated heterocycles. The number of aliphatic imine (C=N–C) groups is 1. The number of fused-ring (bicyclic) bond motifs is 1. The molecule has 0 amide bonds. The van der Waals surface area contributed by atoms with E-state index in [-0.39, 0.29) is 18.5 Å². The van der Waals surface area contributed by atoms with Crippen LogP contribution in [0, 0.1) is 5.82 Å². The van der Waals surface area contributed by atoms with Crippen LogP contribution in [0.1, 0.15) is 29.2 Å². The predicted octanol–water partition coefficient (Wildman–Crippen LogP) is 5.45. The number of nitrogens with zero attached hydrogens (tertiary/aromatic N) is 2. The highest BCUT2D eigenvalue weighted by Crippen LogP contribution is 2.41. The van der Waals surface area contributed by atoms with Crippen molar-refractivity contribution in [2.45, 2.75) is 12.5 Å². The first-order valence-corrected chi connectivity index (χ1v) is 10.0. The zero-order valence-electron chi connectivity index (χ0n) is 15.2. The number of aliphatic hydroxyl groups is 1. The molecule has 1 N–H and O–H groups in total. The highest BCUT2D eigenvalue weighted by Gasteiger charge is 2.31. The number of amidine groups is 1. The largest absolute Gasteiger partial charge is 0.396 e. The first-order valence-electron chi connectivity index (χ1n) is 9.24. The molecule has 0 radical (unpaired) electrons. The van der Waals surface area contributed by atoms with Crippen molar-refractivity contribution in [3.8, 4) is 0 Å². The summed E-state index contributed by atoms with van der Waals surface area (Å²) >= 11 is 3.58. The molecule has 3 aromatic rings. The van der Waals surface area contributed by atoms with Crippen LogP contribution in [-0.4, -0.2) is 29.0 Å². The molecule has 1 aliphatic heterocycles. The average molecular weight is 439 g/mol. The smallest absolute Gasteiger partial charge is 0.137 e. The molecule has 1 atom stereocenters. The summed E-state index contributed by atoms with van der Waals surface area (Å²) in [5.41, 5.74) is 4.00. The Kier molecular flexibility index (Phi) is 5.55. The Balaban J connectivity index is 1.91. The molecular formula is C23H20BrFN2O. The van der Waals surface area contributed by atoms with Gasteiger partial charge < -0.3 is 10.0 Å². The molecule has 3 nitrogen and oxygen atoms in total. The van der Waals surface area contributed by atoms with Crippen LogP contribution in [-0.2, 0) is 0 Å². The van der Waals surface area contributed by atoms with E-state index in [1.807, 2.05) is 30.3 Å². The molecule has 0 aromatic heterocycles. The van der Waals surface area contributed by atoms with Gasteiger partial charge in [-0.3, -0.25) is 0 Å². The minimum atomic E-state index is -0.272. The Bertz CT molecular complexity index is 989. The lowest BCUT2D eigenvalue weighted by atomic mass is 9.92. The van der Waals surface area contributed by atoms with Crippen LogP contribution in [0.4, 0.5) is 10.1 Å². The molecule has 142 valence electrons. The van der Waals surface area contributed by atoms with E-state index in [9.17, 15) is 9.50 Å². The maximum absolute atomic E-state index is 13.5. The van der Waals surface area contributed by atoms with E-state index in [4.69, 9.17) is 4.99 Å². The third-order valence-corrected chi connectivity index (χ3v) is 5.36. The minimum absolute atomic E-state index is 0.0437. The highest BCUT2D eigenvalue weighted by molar-refractivity contribution is 9.10. The van der Waals surface area contributed by atoms with E-state index in [0.29, 0.717) is 13.0 Å². The van der Waals surface area contributed by atoms with Gasteiger partial charge in [-0.1, -0.05) is 46.3 Å². The quantitative estimate of drug-likeness (QED) is 0.574. The standard InChI is InChI=1S/C23H20BrFN2O/c24-18-9-12-21-20(15-18)22(16-5-2-1-3-6-16)27(13-4-14-28)23(26-21)17-7-10-19(25)11-8-17/h1-3,5-12,15,22,28H,4,13-14H2. The van der Waals surface area contributed by atoms with Gasteiger partial charge in [-0.2, -0.15) is 0 Å². The van der Waals surface area contributed by atoms with Crippen LogP contribution >= 0.6 is 15.9 Å². The van der Waals surface area contributed by atoms with Crippen molar-refractivity contribution in [1.29, 1.82) is 0 Å². The molecule has 1 aliphatic rings. The van der Waals surface area contributed by atoms with Gasteiger partial charge in [0.2, 0.25) is 0 Å². The molecule has 0 saturated carbocycles. The average Bonchev–Trinajstić information content (AvgIpc) is 2.72. The second kappa shape index (κ2) is 8.25. The van der Waals surface area contributed by atoms with Gasteiger partial charge in [-0.15, -0.1) is 0 Å². The fourth-order valence-corrected chi connectivity index (χ4v) is 3.99. The van der Waals surface area contributed by atoms with E-state index < -0.39 is 0 Å². The Morgan fingerprint density at radius 3 is 2.46 bits per heavy atom. The summed E-state index contributed by atoms with van der Waals surface area (Å²) in [5.74, 6) is 0.517. The second-order valence-corrected chi connectivity index (χ2v) is 7.64. The Labute approximate surface area is 172 Å². The molecule has 1 unspecified atom stereocenters. The lowest BCUT2D eigenvalue weighted by Crippen LogP contribution is -2.39. The van der Waals surface area contributed by atoms with Crippen molar-refractivity contribution < 1.29 is 9.50 Å². The van der Waals surface area contributed by atoms with Crippen molar-refractivity contribution in [2.75, 3.05) is 13.2 Å². The molecule has 28 heavy (non-hydrogen) atoms. The fourth-order valence-electron chi connectivity index (χ4n) is 3.61. The van der Waals surface area contributed by atoms with Crippen molar-refractivity contribution in [3.63, 3.8) is 0 Å². The number of hydrogen-bond donors (Lipinski definition) is 1. The van der Waals surface area contributed by atoms with Crippen LogP contribution in [0.15, 0.2) is 82.3 Å². The number of halogens is 2. The third-order valence-electron chi connectivity index (χ3n) is 4.87. The number of benzene rings is 3. The van der Waals surface area contributed by atoms with E-state index in [2.05, 4.69) is 39.0 Å². The van der Waals surface area contributed by atoms with Crippen LogP contribution in [0.5, 0.6) is 0 Å². The molecule has 5 heteroatoms. The van der Waals surface area contributed by atoms with Gasteiger partial charge in [0.15, 0.2) is 0 Å². The number of rotatable bonds is 5. The van der Waals surface area contributed by atoms with Crippen LogP contribution < -0.4 is 0 Å². The van der Waals surface area contributed by atoms with E-state index in [1.165, 1.54) is 12.1 Å². The van der Waals surface area contributed by atoms with Gasteiger partial charge in [0.25, 0.3) is 0 Å². The SMILES string of the molecule is OCCCN1C(c2ccc(F)cc2)=Nc2ccc(Br)cc2C1c1ccccc1. The first kappa shape index (κ1) is 18.8. The van der Waals surface area contributed by atoms with Gasteiger partial charge in [0.1, 0.15) is 11.7 Å². The summed E-state index contributed by atoms with van der Waals surface area (Å²) in [6.45, 7) is 0.734. The Morgan fingerprint density at radius 1 is 1.00 bits per heavy atom. The third kappa shape index (κ3) is 3.73. The van der Waals surface area contributed by atoms with Crippen LogP contribution in [0.2, 0.25) is 0 Å². The van der Waals surface area contributed by atoms with E-state index in [0.717, 1.165) is 32.7 Å². The van der Waals surface area contributed by atoms with E-state index in [1.54, 1.807) is 12.1 Å². The summed E-state index contributed by atoms with van der Waals surface area (Å²) in [6.07, 6.45) is 0.618. The molecule has 1 heterocycles. The Morgan fingerprint density at radius 2 is 1.75 bits per heavy atom. The van der Waals surface area contributed by atoms with Gasteiger partial charge in [0, 0.05) is 28.8 Å². The molecule has 0 bridgehead atoms. The monoisotopic (exact) mass is 438 g/mol. The van der Waals surface area contributed by atoms with Gasteiger partial charge in [-0.25, -0.2) is 9.38 Å². The molecule has 0 aliphatic carbocycles. The molecule has 0 spiro atoms. The van der Waals surface area contributed by atoms with Crippen molar-refractivity contribution in [2.24, 2.45) is 4.99 Å². The zero-order chi connectivity index (χ0) is 19.5. The zero-order valence-corrected chi connectivity index (χ0v) is 16.8. The Hall–Kier alpha value is -2.50. The molecular weight excluding hydrogens is 419 g/mol. The van der Waals surface area contributed by atoms with Crippen molar-refractivity contribution in [3.05, 3.63) is 99.8 Å². The van der Waals surface area contributed by atoms with Crippen LogP contribution in [0.25, 0.3) is 0 Å².